The van der Waals surface area contributed by atoms with Crippen LogP contribution in [0.2, 0.25) is 0 Å². The normalized spacial score (nSPS) is 40.8. The highest BCUT2D eigenvalue weighted by atomic mass is 19.4. The van der Waals surface area contributed by atoms with Gasteiger partial charge in [0.25, 0.3) is 0 Å². The molecule has 0 aromatic heterocycles. The third-order valence-corrected chi connectivity index (χ3v) is 3.28. The zero-order valence-corrected chi connectivity index (χ0v) is 6.75. The molecule has 2 fully saturated rings. The van der Waals surface area contributed by atoms with Gasteiger partial charge >= 0.3 is 6.18 Å². The van der Waals surface area contributed by atoms with Gasteiger partial charge in [-0.1, -0.05) is 0 Å². The van der Waals surface area contributed by atoms with Gasteiger partial charge in [-0.25, -0.2) is 0 Å². The van der Waals surface area contributed by atoms with E-state index in [9.17, 15) is 13.2 Å². The average molecular weight is 179 g/mol. The first-order valence-electron chi connectivity index (χ1n) is 4.29. The molecular formula is C8H12F3N. The van der Waals surface area contributed by atoms with Crippen LogP contribution in [-0.2, 0) is 0 Å². The van der Waals surface area contributed by atoms with Crippen molar-refractivity contribution in [1.29, 1.82) is 0 Å². The fourth-order valence-electron chi connectivity index (χ4n) is 2.50. The monoisotopic (exact) mass is 179 g/mol. The molecule has 1 saturated carbocycles. The molecule has 12 heavy (non-hydrogen) atoms. The molecule has 1 heterocycles. The minimum atomic E-state index is -3.98. The molecule has 1 aliphatic carbocycles. The Morgan fingerprint density at radius 1 is 1.42 bits per heavy atom. The molecule has 1 aliphatic heterocycles. The van der Waals surface area contributed by atoms with Gasteiger partial charge in [0.2, 0.25) is 0 Å². The fourth-order valence-corrected chi connectivity index (χ4v) is 2.50. The maximum atomic E-state index is 12.1. The van der Waals surface area contributed by atoms with Crippen molar-refractivity contribution in [3.05, 3.63) is 0 Å². The Morgan fingerprint density at radius 2 is 2.17 bits per heavy atom. The largest absolute Gasteiger partial charge is 0.389 e. The van der Waals surface area contributed by atoms with Crippen molar-refractivity contribution < 1.29 is 13.2 Å². The van der Waals surface area contributed by atoms with Crippen LogP contribution >= 0.6 is 0 Å². The van der Waals surface area contributed by atoms with E-state index in [0.29, 0.717) is 12.5 Å². The van der Waals surface area contributed by atoms with Gasteiger partial charge in [0.05, 0.1) is 6.42 Å². The van der Waals surface area contributed by atoms with E-state index in [-0.39, 0.29) is 0 Å². The van der Waals surface area contributed by atoms with Crippen molar-refractivity contribution in [2.45, 2.75) is 25.4 Å². The second kappa shape index (κ2) is 2.37. The summed E-state index contributed by atoms with van der Waals surface area (Å²) in [7, 11) is 0. The molecule has 2 unspecified atom stereocenters. The van der Waals surface area contributed by atoms with Crippen molar-refractivity contribution in [1.82, 2.24) is 5.32 Å². The molecule has 2 atom stereocenters. The number of hydrogen-bond donors (Lipinski definition) is 1. The van der Waals surface area contributed by atoms with Gasteiger partial charge in [-0.05, 0) is 30.7 Å². The molecule has 2 rings (SSSR count). The van der Waals surface area contributed by atoms with Gasteiger partial charge in [-0.2, -0.15) is 13.2 Å². The van der Waals surface area contributed by atoms with Crippen molar-refractivity contribution in [2.75, 3.05) is 13.1 Å². The molecule has 2 aliphatic rings. The van der Waals surface area contributed by atoms with Crippen LogP contribution in [0.1, 0.15) is 19.3 Å². The summed E-state index contributed by atoms with van der Waals surface area (Å²) in [4.78, 5) is 0. The van der Waals surface area contributed by atoms with Crippen LogP contribution in [0.25, 0.3) is 0 Å². The number of alkyl halides is 3. The lowest BCUT2D eigenvalue weighted by molar-refractivity contribution is -0.173. The topological polar surface area (TPSA) is 12.0 Å². The van der Waals surface area contributed by atoms with Crippen LogP contribution in [0, 0.1) is 11.3 Å². The first kappa shape index (κ1) is 8.35. The Morgan fingerprint density at radius 3 is 2.58 bits per heavy atom. The Bertz CT molecular complexity index is 189. The lowest BCUT2D eigenvalue weighted by Crippen LogP contribution is -2.42. The molecule has 0 bridgehead atoms. The summed E-state index contributed by atoms with van der Waals surface area (Å²) < 4.78 is 36.4. The number of fused-ring (bicyclic) bond motifs is 1. The van der Waals surface area contributed by atoms with Crippen LogP contribution in [0.4, 0.5) is 13.2 Å². The number of nitrogens with one attached hydrogen (secondary N) is 1. The minimum Gasteiger partial charge on any atom is -0.316 e. The predicted molar refractivity (Wildman–Crippen MR) is 38.7 cm³/mol. The lowest BCUT2D eigenvalue weighted by atomic mass is 9.60. The van der Waals surface area contributed by atoms with Crippen molar-refractivity contribution in [3.63, 3.8) is 0 Å². The van der Waals surface area contributed by atoms with E-state index in [2.05, 4.69) is 5.32 Å². The van der Waals surface area contributed by atoms with Gasteiger partial charge in [0, 0.05) is 6.54 Å². The van der Waals surface area contributed by atoms with Gasteiger partial charge in [-0.15, -0.1) is 0 Å². The summed E-state index contributed by atoms with van der Waals surface area (Å²) >= 11 is 0. The Labute approximate surface area is 69.3 Å². The third-order valence-electron chi connectivity index (χ3n) is 3.28. The average Bonchev–Trinajstić information content (AvgIpc) is 2.11. The van der Waals surface area contributed by atoms with Crippen LogP contribution in [0.15, 0.2) is 0 Å². The standard InChI is InChI=1S/C8H12F3N/c9-8(10,11)4-7-2-1-6(7)3-12-5-7/h6,12H,1-5H2. The minimum absolute atomic E-state index is 0.291. The maximum absolute atomic E-state index is 12.1. The predicted octanol–water partition coefficient (Wildman–Crippen LogP) is 1.94. The molecule has 0 amide bonds. The molecule has 0 aromatic rings. The highest BCUT2D eigenvalue weighted by Crippen LogP contribution is 2.54. The summed E-state index contributed by atoms with van der Waals surface area (Å²) in [6, 6.07) is 0. The van der Waals surface area contributed by atoms with E-state index in [1.165, 1.54) is 0 Å². The zero-order chi connectivity index (χ0) is 8.82. The van der Waals surface area contributed by atoms with Crippen LogP contribution in [0.3, 0.4) is 0 Å². The van der Waals surface area contributed by atoms with Crippen molar-refractivity contribution in [3.8, 4) is 0 Å². The molecule has 0 radical (unpaired) electrons. The van der Waals surface area contributed by atoms with E-state index in [4.69, 9.17) is 0 Å². The molecule has 1 N–H and O–H groups in total. The van der Waals surface area contributed by atoms with Crippen LogP contribution < -0.4 is 5.32 Å². The summed E-state index contributed by atoms with van der Waals surface area (Å²) in [6.45, 7) is 1.35. The van der Waals surface area contributed by atoms with E-state index in [0.717, 1.165) is 19.4 Å². The Balaban J connectivity index is 2.02. The smallest absolute Gasteiger partial charge is 0.316 e. The summed E-state index contributed by atoms with van der Waals surface area (Å²) in [5, 5.41) is 3.05. The molecule has 0 spiro atoms. The summed E-state index contributed by atoms with van der Waals surface area (Å²) in [5.74, 6) is 0.291. The van der Waals surface area contributed by atoms with Gasteiger partial charge in [0.15, 0.2) is 0 Å². The van der Waals surface area contributed by atoms with E-state index in [1.807, 2.05) is 0 Å². The highest BCUT2D eigenvalue weighted by Gasteiger charge is 2.54. The van der Waals surface area contributed by atoms with Gasteiger partial charge < -0.3 is 5.32 Å². The quantitative estimate of drug-likeness (QED) is 0.648. The highest BCUT2D eigenvalue weighted by molar-refractivity contribution is 5.03. The number of halogens is 3. The van der Waals surface area contributed by atoms with Crippen LogP contribution in [0.5, 0.6) is 0 Å². The van der Waals surface area contributed by atoms with Crippen LogP contribution in [-0.4, -0.2) is 19.3 Å². The summed E-state index contributed by atoms with van der Waals surface area (Å²) in [5.41, 5.74) is -0.418. The second-order valence-electron chi connectivity index (χ2n) is 4.02. The Hall–Kier alpha value is -0.250. The maximum Gasteiger partial charge on any atom is 0.389 e. The van der Waals surface area contributed by atoms with Crippen molar-refractivity contribution in [2.24, 2.45) is 11.3 Å². The van der Waals surface area contributed by atoms with Gasteiger partial charge in [-0.3, -0.25) is 0 Å². The molecular weight excluding hydrogens is 167 g/mol. The zero-order valence-electron chi connectivity index (χ0n) is 6.75. The Kier molecular flexibility index (Phi) is 1.65. The summed E-state index contributed by atoms with van der Waals surface area (Å²) in [6.07, 6.45) is -2.84. The van der Waals surface area contributed by atoms with Crippen molar-refractivity contribution >= 4 is 0 Å². The van der Waals surface area contributed by atoms with Gasteiger partial charge in [0.1, 0.15) is 0 Å². The van der Waals surface area contributed by atoms with E-state index in [1.54, 1.807) is 0 Å². The number of hydrogen-bond acceptors (Lipinski definition) is 1. The second-order valence-corrected chi connectivity index (χ2v) is 4.02. The molecule has 0 aromatic carbocycles. The molecule has 1 saturated heterocycles. The molecule has 1 nitrogen and oxygen atoms in total. The fraction of sp³-hybridized carbons (Fsp3) is 1.00. The molecule has 70 valence electrons. The number of rotatable bonds is 1. The first-order chi connectivity index (χ1) is 5.52. The SMILES string of the molecule is FC(F)(F)CC12CCC1CNC2. The third kappa shape index (κ3) is 1.22. The van der Waals surface area contributed by atoms with E-state index >= 15 is 0 Å². The van der Waals surface area contributed by atoms with E-state index < -0.39 is 18.0 Å². The lowest BCUT2D eigenvalue weighted by Gasteiger charge is -2.44. The first-order valence-corrected chi connectivity index (χ1v) is 4.29. The molecule has 4 heteroatoms.